The average molecular weight is 763 g/mol. The van der Waals surface area contributed by atoms with E-state index in [1.165, 1.54) is 25.7 Å². The monoisotopic (exact) mass is 762 g/mol. The molecule has 0 heterocycles. The first-order valence-electron chi connectivity index (χ1n) is 18.1. The van der Waals surface area contributed by atoms with Gasteiger partial charge in [-0.3, -0.25) is 9.59 Å². The second-order valence-corrected chi connectivity index (χ2v) is 17.2. The van der Waals surface area contributed by atoms with Gasteiger partial charge in [-0.05, 0) is 133 Å². The van der Waals surface area contributed by atoms with Crippen molar-refractivity contribution in [2.75, 3.05) is 26.3 Å². The van der Waals surface area contributed by atoms with Crippen molar-refractivity contribution in [1.29, 1.82) is 0 Å². The fourth-order valence-corrected chi connectivity index (χ4v) is 10.8. The van der Waals surface area contributed by atoms with Gasteiger partial charge in [0.15, 0.2) is 0 Å². The first kappa shape index (κ1) is 35.1. The maximum Gasteiger partial charge on any atom is 0.248 e. The molecule has 0 saturated heterocycles. The molecule has 3 N–H and O–H groups in total. The van der Waals surface area contributed by atoms with Gasteiger partial charge < -0.3 is 29.9 Å². The van der Waals surface area contributed by atoms with Crippen molar-refractivity contribution in [3.63, 3.8) is 0 Å². The SMILES string of the molecule is CC1CCC(C(C)C)C(OCC(=O)N(CC23CC4CC(CC(C4)C2)C3)C2CC(C(=O)NCCO)=CC(Oc3ccccc3I)C2O)C1. The van der Waals surface area contributed by atoms with E-state index in [0.29, 0.717) is 35.6 Å². The van der Waals surface area contributed by atoms with Crippen LogP contribution < -0.4 is 10.1 Å². The summed E-state index contributed by atoms with van der Waals surface area (Å²) in [5.74, 6) is 3.85. The molecule has 8 nitrogen and oxygen atoms in total. The number of aliphatic hydroxyl groups excluding tert-OH is 2. The molecular weight excluding hydrogens is 707 g/mol. The zero-order chi connectivity index (χ0) is 33.3. The fraction of sp³-hybridized carbons (Fsp3) is 0.737. The third-order valence-electron chi connectivity index (χ3n) is 12.1. The molecule has 47 heavy (non-hydrogen) atoms. The second-order valence-electron chi connectivity index (χ2n) is 16.1. The number of carbonyl (C=O) groups is 2. The summed E-state index contributed by atoms with van der Waals surface area (Å²) in [4.78, 5) is 29.9. The maximum absolute atomic E-state index is 14.6. The van der Waals surface area contributed by atoms with Crippen LogP contribution in [-0.2, 0) is 14.3 Å². The Morgan fingerprint density at radius 2 is 1.74 bits per heavy atom. The van der Waals surface area contributed by atoms with Crippen LogP contribution in [0.5, 0.6) is 5.75 Å². The minimum Gasteiger partial charge on any atom is -0.482 e. The van der Waals surface area contributed by atoms with E-state index in [4.69, 9.17) is 9.47 Å². The molecule has 0 aromatic heterocycles. The van der Waals surface area contributed by atoms with Crippen molar-refractivity contribution in [1.82, 2.24) is 10.2 Å². The molecule has 5 fully saturated rings. The van der Waals surface area contributed by atoms with Crippen molar-refractivity contribution in [2.24, 2.45) is 40.9 Å². The number of aliphatic hydroxyl groups is 2. The Labute approximate surface area is 294 Å². The van der Waals surface area contributed by atoms with E-state index in [-0.39, 0.29) is 49.5 Å². The first-order valence-corrected chi connectivity index (χ1v) is 19.2. The third-order valence-corrected chi connectivity index (χ3v) is 13.0. The summed E-state index contributed by atoms with van der Waals surface area (Å²) in [5, 5.41) is 24.3. The Balaban J connectivity index is 1.30. The number of benzene rings is 1. The minimum absolute atomic E-state index is 0.0198. The molecule has 2 amide bonds. The molecule has 6 atom stereocenters. The molecule has 0 radical (unpaired) electrons. The van der Waals surface area contributed by atoms with Crippen molar-refractivity contribution in [3.05, 3.63) is 39.5 Å². The van der Waals surface area contributed by atoms with Crippen LogP contribution in [0.4, 0.5) is 0 Å². The lowest BCUT2D eigenvalue weighted by Gasteiger charge is -2.58. The zero-order valence-electron chi connectivity index (χ0n) is 28.4. The number of halogens is 1. The van der Waals surface area contributed by atoms with E-state index < -0.39 is 18.2 Å². The molecule has 1 aromatic carbocycles. The van der Waals surface area contributed by atoms with Crippen LogP contribution in [0.25, 0.3) is 0 Å². The number of carbonyl (C=O) groups excluding carboxylic acids is 2. The minimum atomic E-state index is -1.03. The van der Waals surface area contributed by atoms with Crippen LogP contribution in [0.2, 0.25) is 0 Å². The number of para-hydroxylation sites is 1. The van der Waals surface area contributed by atoms with E-state index in [1.807, 2.05) is 29.2 Å². The molecule has 0 spiro atoms. The van der Waals surface area contributed by atoms with E-state index >= 15 is 0 Å². The highest BCUT2D eigenvalue weighted by atomic mass is 127. The molecular formula is C38H55IN2O6. The van der Waals surface area contributed by atoms with Crippen LogP contribution in [0.3, 0.4) is 0 Å². The van der Waals surface area contributed by atoms with Gasteiger partial charge in [-0.15, -0.1) is 0 Å². The van der Waals surface area contributed by atoms with Gasteiger partial charge in [0.2, 0.25) is 11.8 Å². The van der Waals surface area contributed by atoms with Gasteiger partial charge in [0.1, 0.15) is 24.6 Å². The Morgan fingerprint density at radius 1 is 1.06 bits per heavy atom. The van der Waals surface area contributed by atoms with Crippen LogP contribution in [0, 0.1) is 44.5 Å². The summed E-state index contributed by atoms with van der Waals surface area (Å²) in [6, 6.07) is 6.98. The highest BCUT2D eigenvalue weighted by Gasteiger charge is 2.53. The largest absolute Gasteiger partial charge is 0.482 e. The number of hydrogen-bond acceptors (Lipinski definition) is 6. The van der Waals surface area contributed by atoms with Gasteiger partial charge in [-0.2, -0.15) is 0 Å². The predicted octanol–water partition coefficient (Wildman–Crippen LogP) is 5.73. The number of amides is 2. The normalized spacial score (nSPS) is 36.2. The maximum atomic E-state index is 14.6. The molecule has 6 aliphatic rings. The van der Waals surface area contributed by atoms with E-state index in [0.717, 1.165) is 53.4 Å². The highest BCUT2D eigenvalue weighted by molar-refractivity contribution is 14.1. The molecule has 260 valence electrons. The smallest absolute Gasteiger partial charge is 0.248 e. The zero-order valence-corrected chi connectivity index (χ0v) is 30.6. The number of hydrogen-bond donors (Lipinski definition) is 3. The quantitative estimate of drug-likeness (QED) is 0.235. The van der Waals surface area contributed by atoms with Gasteiger partial charge in [-0.25, -0.2) is 0 Å². The van der Waals surface area contributed by atoms with Gasteiger partial charge in [0.25, 0.3) is 0 Å². The molecule has 1 aromatic rings. The van der Waals surface area contributed by atoms with Crippen molar-refractivity contribution >= 4 is 34.4 Å². The number of ether oxygens (including phenoxy) is 2. The van der Waals surface area contributed by atoms with Gasteiger partial charge in [0, 0.05) is 25.1 Å². The lowest BCUT2D eigenvalue weighted by atomic mass is 9.49. The van der Waals surface area contributed by atoms with E-state index in [1.54, 1.807) is 6.08 Å². The van der Waals surface area contributed by atoms with Crippen molar-refractivity contribution in [3.8, 4) is 5.75 Å². The summed E-state index contributed by atoms with van der Waals surface area (Å²) in [6.45, 7) is 7.30. The fourth-order valence-electron chi connectivity index (χ4n) is 10.3. The number of nitrogens with zero attached hydrogens (tertiary/aromatic N) is 1. The van der Waals surface area contributed by atoms with E-state index in [9.17, 15) is 19.8 Å². The summed E-state index contributed by atoms with van der Waals surface area (Å²) in [5.41, 5.74) is 0.505. The predicted molar refractivity (Wildman–Crippen MR) is 190 cm³/mol. The standard InChI is InChI=1S/C38H55IN2O6/c1-23(2)29-9-8-24(3)12-33(29)46-21-35(43)41(22-38-18-25-13-26(19-38)15-27(14-25)20-38)31-16-28(37(45)40-10-11-42)17-34(36(31)44)47-32-7-5-4-6-30(32)39/h4-7,17,23-27,29,31,33-34,36,42,44H,8-16,18-22H2,1-3H3,(H,40,45). The Hall–Kier alpha value is -1.69. The molecule has 6 aliphatic carbocycles. The molecule has 5 saturated carbocycles. The third kappa shape index (κ3) is 8.04. The lowest BCUT2D eigenvalue weighted by molar-refractivity contribution is -0.156. The second kappa shape index (κ2) is 15.1. The number of rotatable bonds is 12. The molecule has 9 heteroatoms. The molecule has 4 bridgehead atoms. The van der Waals surface area contributed by atoms with Crippen LogP contribution in [0.1, 0.15) is 85.0 Å². The highest BCUT2D eigenvalue weighted by Crippen LogP contribution is 2.60. The first-order chi connectivity index (χ1) is 22.5. The Morgan fingerprint density at radius 3 is 2.38 bits per heavy atom. The van der Waals surface area contributed by atoms with Crippen LogP contribution >= 0.6 is 22.6 Å². The van der Waals surface area contributed by atoms with Gasteiger partial charge in [0.05, 0.1) is 22.3 Å². The average Bonchev–Trinajstić information content (AvgIpc) is 3.02. The summed E-state index contributed by atoms with van der Waals surface area (Å²) in [7, 11) is 0. The number of nitrogens with one attached hydrogen (secondary N) is 1. The lowest BCUT2D eigenvalue weighted by Crippen LogP contribution is -2.60. The Kier molecular flexibility index (Phi) is 11.3. The topological polar surface area (TPSA) is 108 Å². The van der Waals surface area contributed by atoms with Gasteiger partial charge in [-0.1, -0.05) is 39.3 Å². The van der Waals surface area contributed by atoms with Crippen molar-refractivity contribution < 1.29 is 29.3 Å². The Bertz CT molecular complexity index is 1270. The van der Waals surface area contributed by atoms with Crippen LogP contribution in [0.15, 0.2) is 35.9 Å². The molecule has 0 aliphatic heterocycles. The van der Waals surface area contributed by atoms with Gasteiger partial charge >= 0.3 is 0 Å². The summed E-state index contributed by atoms with van der Waals surface area (Å²) >= 11 is 2.21. The summed E-state index contributed by atoms with van der Waals surface area (Å²) < 4.78 is 13.9. The molecule has 6 unspecified atom stereocenters. The summed E-state index contributed by atoms with van der Waals surface area (Å²) in [6.07, 6.45) is 10.7. The molecule has 7 rings (SSSR count). The van der Waals surface area contributed by atoms with E-state index in [2.05, 4.69) is 48.7 Å². The van der Waals surface area contributed by atoms with Crippen molar-refractivity contribution in [2.45, 2.75) is 109 Å². The van der Waals surface area contributed by atoms with Crippen LogP contribution in [-0.4, -0.2) is 77.6 Å².